The number of unbranched alkanes of at least 4 members (excludes halogenated alkanes) is 33. The largest absolute Gasteiger partial charge is 0.463 e. The van der Waals surface area contributed by atoms with Gasteiger partial charge in [0.05, 0.1) is 0 Å². The summed E-state index contributed by atoms with van der Waals surface area (Å²) < 4.78 is 16.8. The third-order valence-corrected chi connectivity index (χ3v) is 12.5. The number of nitrogens with two attached hydrogens (primary N) is 1. The number of carbonyl (C=O) groups excluding carboxylic acids is 3. The Bertz CT molecular complexity index is 995. The number of hydrogen-bond donors (Lipinski definition) is 1. The van der Waals surface area contributed by atoms with Crippen LogP contribution in [-0.4, -0.2) is 43.3 Å². The quantitative estimate of drug-likeness (QED) is 0.0280. The molecule has 7 nitrogen and oxygen atoms in total. The lowest BCUT2D eigenvalue weighted by atomic mass is 10.0. The number of ether oxygens (including phenoxy) is 3. The average Bonchev–Trinajstić information content (AvgIpc) is 3.30. The summed E-state index contributed by atoms with van der Waals surface area (Å²) in [5, 5.41) is 0. The van der Waals surface area contributed by atoms with Crippen LogP contribution in [0.2, 0.25) is 0 Å². The molecule has 0 heterocycles. The molecule has 0 unspecified atom stereocenters. The Balaban J connectivity index is 4.51. The van der Waals surface area contributed by atoms with Crippen molar-refractivity contribution >= 4 is 17.9 Å². The maximum absolute atomic E-state index is 12.7. The molecule has 0 spiro atoms. The Labute approximate surface area is 403 Å². The van der Waals surface area contributed by atoms with Gasteiger partial charge in [-0.2, -0.15) is 0 Å². The molecule has 2 N–H and O–H groups in total. The van der Waals surface area contributed by atoms with Crippen molar-refractivity contribution in [2.24, 2.45) is 5.73 Å². The Morgan fingerprint density at radius 1 is 0.308 bits per heavy atom. The molecule has 0 aromatic heterocycles. The number of rotatable bonds is 51. The van der Waals surface area contributed by atoms with E-state index in [1.807, 2.05) is 0 Å². The number of esters is 3. The van der Waals surface area contributed by atoms with E-state index in [-0.39, 0.29) is 37.7 Å². The summed E-state index contributed by atoms with van der Waals surface area (Å²) in [6.45, 7) is 6.28. The van der Waals surface area contributed by atoms with Crippen LogP contribution < -0.4 is 5.73 Å². The van der Waals surface area contributed by atoms with Gasteiger partial charge in [-0.05, 0) is 96.3 Å². The highest BCUT2D eigenvalue weighted by Crippen LogP contribution is 2.16. The fraction of sp³-hybridized carbons (Fsp3) is 0.845. The molecule has 0 aromatic rings. The van der Waals surface area contributed by atoms with E-state index in [1.54, 1.807) is 0 Å². The van der Waals surface area contributed by atoms with Crippen LogP contribution >= 0.6 is 0 Å². The summed E-state index contributed by atoms with van der Waals surface area (Å²) >= 11 is 0. The highest BCUT2D eigenvalue weighted by Gasteiger charge is 2.31. The highest BCUT2D eigenvalue weighted by atomic mass is 16.6. The van der Waals surface area contributed by atoms with E-state index in [0.29, 0.717) is 19.3 Å². The van der Waals surface area contributed by atoms with E-state index in [2.05, 4.69) is 57.2 Å². The summed E-state index contributed by atoms with van der Waals surface area (Å²) in [4.78, 5) is 38.2. The van der Waals surface area contributed by atoms with Gasteiger partial charge in [-0.3, -0.25) is 14.4 Å². The molecule has 0 bridgehead atoms. The van der Waals surface area contributed by atoms with Gasteiger partial charge >= 0.3 is 17.9 Å². The summed E-state index contributed by atoms with van der Waals surface area (Å²) in [5.41, 5.74) is 5.35. The fourth-order valence-electron chi connectivity index (χ4n) is 8.03. The van der Waals surface area contributed by atoms with Crippen molar-refractivity contribution in [2.45, 2.75) is 296 Å². The molecule has 0 aliphatic carbocycles. The Morgan fingerprint density at radius 2 is 0.492 bits per heavy atom. The molecule has 0 atom stereocenters. The van der Waals surface area contributed by atoms with Gasteiger partial charge in [0.1, 0.15) is 25.4 Å². The minimum atomic E-state index is -1.30. The lowest BCUT2D eigenvalue weighted by molar-refractivity contribution is -0.155. The molecule has 0 saturated carbocycles. The standard InChI is InChI=1S/C58H107NO6/c1-4-7-10-13-16-19-22-25-28-31-34-37-40-43-46-49-55(60)63-52-58(59,53-64-56(61)50-47-44-41-38-35-32-29-26-23-20-17-14-11-8-5-2)54-65-57(62)51-48-45-42-39-36-33-30-27-24-21-18-15-12-9-6-3/h25-30H,4-24,31-54,59H2,1-3H3/b28-25+,29-26+,30-27+. The topological polar surface area (TPSA) is 105 Å². The summed E-state index contributed by atoms with van der Waals surface area (Å²) in [6, 6.07) is 0. The zero-order valence-electron chi connectivity index (χ0n) is 43.3. The Morgan fingerprint density at radius 3 is 0.708 bits per heavy atom. The van der Waals surface area contributed by atoms with E-state index >= 15 is 0 Å². The van der Waals surface area contributed by atoms with Crippen molar-refractivity contribution in [2.75, 3.05) is 19.8 Å². The van der Waals surface area contributed by atoms with Gasteiger partial charge in [-0.15, -0.1) is 0 Å². The third-order valence-electron chi connectivity index (χ3n) is 12.5. The number of hydrogen-bond acceptors (Lipinski definition) is 7. The van der Waals surface area contributed by atoms with E-state index in [4.69, 9.17) is 19.9 Å². The zero-order valence-corrected chi connectivity index (χ0v) is 43.3. The van der Waals surface area contributed by atoms with Crippen LogP contribution in [0.3, 0.4) is 0 Å². The Kier molecular flexibility index (Phi) is 49.1. The van der Waals surface area contributed by atoms with Gasteiger partial charge in [-0.25, -0.2) is 0 Å². The van der Waals surface area contributed by atoms with Crippen molar-refractivity contribution in [1.29, 1.82) is 0 Å². The van der Waals surface area contributed by atoms with Crippen LogP contribution in [0.25, 0.3) is 0 Å². The average molecular weight is 914 g/mol. The van der Waals surface area contributed by atoms with Crippen molar-refractivity contribution in [3.05, 3.63) is 36.5 Å². The van der Waals surface area contributed by atoms with Gasteiger partial charge in [-0.1, -0.05) is 211 Å². The first kappa shape index (κ1) is 62.6. The van der Waals surface area contributed by atoms with E-state index < -0.39 is 5.54 Å². The fourth-order valence-corrected chi connectivity index (χ4v) is 8.03. The smallest absolute Gasteiger partial charge is 0.305 e. The van der Waals surface area contributed by atoms with Crippen LogP contribution in [0, 0.1) is 0 Å². The molecule has 0 amide bonds. The molecule has 65 heavy (non-hydrogen) atoms. The molecule has 7 heteroatoms. The normalized spacial score (nSPS) is 12.0. The van der Waals surface area contributed by atoms with Crippen molar-refractivity contribution in [3.8, 4) is 0 Å². The van der Waals surface area contributed by atoms with Crippen LogP contribution in [-0.2, 0) is 28.6 Å². The molecule has 0 aliphatic heterocycles. The van der Waals surface area contributed by atoms with Crippen LogP contribution in [0.5, 0.6) is 0 Å². The summed E-state index contributed by atoms with van der Waals surface area (Å²) in [5.74, 6) is -0.968. The second kappa shape index (κ2) is 51.0. The van der Waals surface area contributed by atoms with E-state index in [1.165, 1.54) is 154 Å². The summed E-state index contributed by atoms with van der Waals surface area (Å²) in [6.07, 6.45) is 61.6. The van der Waals surface area contributed by atoms with E-state index in [0.717, 1.165) is 96.3 Å². The first-order valence-electron chi connectivity index (χ1n) is 28.1. The molecular weight excluding hydrogens is 807 g/mol. The molecule has 0 saturated heterocycles. The molecule has 0 radical (unpaired) electrons. The molecule has 0 aromatic carbocycles. The number of carbonyl (C=O) groups is 3. The number of allylic oxidation sites excluding steroid dienone is 6. The predicted molar refractivity (Wildman–Crippen MR) is 278 cm³/mol. The van der Waals surface area contributed by atoms with Gasteiger partial charge in [0.2, 0.25) is 0 Å². The second-order valence-corrected chi connectivity index (χ2v) is 19.3. The SMILES string of the molecule is CCCCCCCC/C=C/CCCCCCCC(=O)OCC(N)(COC(=O)CCCCCCC/C=C/CCCCCCCC)COC(=O)CCCCCCC/C=C/CCCCCCCC. The highest BCUT2D eigenvalue weighted by molar-refractivity contribution is 5.70. The third kappa shape index (κ3) is 49.3. The molecule has 0 aliphatic rings. The van der Waals surface area contributed by atoms with Gasteiger partial charge in [0, 0.05) is 19.3 Å². The van der Waals surface area contributed by atoms with Crippen LogP contribution in [0.1, 0.15) is 290 Å². The minimum absolute atomic E-state index is 0.168. The van der Waals surface area contributed by atoms with Crippen molar-refractivity contribution in [1.82, 2.24) is 0 Å². The van der Waals surface area contributed by atoms with Crippen molar-refractivity contribution in [3.63, 3.8) is 0 Å². The summed E-state index contributed by atoms with van der Waals surface area (Å²) in [7, 11) is 0. The van der Waals surface area contributed by atoms with Crippen molar-refractivity contribution < 1.29 is 28.6 Å². The van der Waals surface area contributed by atoms with Gasteiger partial charge in [0.15, 0.2) is 0 Å². The maximum atomic E-state index is 12.7. The maximum Gasteiger partial charge on any atom is 0.305 e. The lowest BCUT2D eigenvalue weighted by Crippen LogP contribution is -2.54. The minimum Gasteiger partial charge on any atom is -0.463 e. The first-order chi connectivity index (χ1) is 31.9. The van der Waals surface area contributed by atoms with E-state index in [9.17, 15) is 14.4 Å². The first-order valence-corrected chi connectivity index (χ1v) is 28.1. The van der Waals surface area contributed by atoms with Gasteiger partial charge < -0.3 is 19.9 Å². The monoisotopic (exact) mass is 914 g/mol. The predicted octanol–water partition coefficient (Wildman–Crippen LogP) is 17.4. The van der Waals surface area contributed by atoms with Crippen LogP contribution in [0.4, 0.5) is 0 Å². The second-order valence-electron chi connectivity index (χ2n) is 19.3. The molecular formula is C58H107NO6. The Hall–Kier alpha value is -2.41. The molecule has 0 fully saturated rings. The van der Waals surface area contributed by atoms with Crippen LogP contribution in [0.15, 0.2) is 36.5 Å². The lowest BCUT2D eigenvalue weighted by Gasteiger charge is -2.28. The molecule has 0 rings (SSSR count). The zero-order chi connectivity index (χ0) is 47.4. The van der Waals surface area contributed by atoms with Gasteiger partial charge in [0.25, 0.3) is 0 Å². The molecule has 380 valence electrons.